The molecule has 0 aliphatic rings. The molecule has 0 fully saturated rings. The van der Waals surface area contributed by atoms with Crippen molar-refractivity contribution in [3.8, 4) is 28.5 Å². The summed E-state index contributed by atoms with van der Waals surface area (Å²) in [5, 5.41) is 19.5. The molecule has 0 aliphatic heterocycles. The summed E-state index contributed by atoms with van der Waals surface area (Å²) in [5.74, 6) is 0.705. The molecule has 2 heterocycles. The van der Waals surface area contributed by atoms with Crippen molar-refractivity contribution in [2.45, 2.75) is 45.8 Å². The maximum Gasteiger partial charge on any atom is 0.268 e. The van der Waals surface area contributed by atoms with E-state index in [4.69, 9.17) is 18.9 Å². The molecule has 2 atom stereocenters. The minimum atomic E-state index is -0.738. The Labute approximate surface area is 206 Å². The lowest BCUT2D eigenvalue weighted by Gasteiger charge is -2.13. The molecule has 1 unspecified atom stereocenters. The summed E-state index contributed by atoms with van der Waals surface area (Å²) in [7, 11) is 0. The molecule has 2 aromatic carbocycles. The minimum absolute atomic E-state index is 0.146. The largest absolute Gasteiger partial charge is 0.481 e. The number of nitrogens with zero attached hydrogens (tertiary/aromatic N) is 4. The van der Waals surface area contributed by atoms with Gasteiger partial charge in [-0.2, -0.15) is 9.97 Å². The second-order valence-electron chi connectivity index (χ2n) is 8.11. The predicted molar refractivity (Wildman–Crippen MR) is 126 cm³/mol. The Balaban J connectivity index is 1.46. The van der Waals surface area contributed by atoms with E-state index in [1.807, 2.05) is 26.0 Å². The molecular formula is C25H26FN5O5. The van der Waals surface area contributed by atoms with Crippen LogP contribution in [0.4, 0.5) is 4.39 Å². The standard InChI is InChI=1S/C25H26FN5O5/c1-4-20(34-17-9-6-15(7-10-17)22-28-21(5-2)35-30-22)25-29-23(31-36-25)16-8-11-18(19(26)12-16)24(33)27-14(3)13-32/h6-12,14,20,32H,4-5,13H2,1-3H3,(H,27,33)/t14-,20?/m0/s1. The summed E-state index contributed by atoms with van der Waals surface area (Å²) in [6.07, 6.45) is 0.683. The van der Waals surface area contributed by atoms with Crippen LogP contribution in [-0.4, -0.2) is 43.9 Å². The summed E-state index contributed by atoms with van der Waals surface area (Å²) in [6.45, 7) is 5.21. The van der Waals surface area contributed by atoms with Gasteiger partial charge in [0, 0.05) is 23.6 Å². The monoisotopic (exact) mass is 495 g/mol. The summed E-state index contributed by atoms with van der Waals surface area (Å²) in [6, 6.07) is 10.8. The summed E-state index contributed by atoms with van der Waals surface area (Å²) < 4.78 is 31.2. The van der Waals surface area contributed by atoms with Gasteiger partial charge in [0.25, 0.3) is 11.8 Å². The molecule has 0 spiro atoms. The number of benzene rings is 2. The molecule has 2 aromatic heterocycles. The Bertz CT molecular complexity index is 1320. The first-order chi connectivity index (χ1) is 17.4. The maximum atomic E-state index is 14.6. The molecule has 188 valence electrons. The Morgan fingerprint density at radius 2 is 1.75 bits per heavy atom. The first-order valence-corrected chi connectivity index (χ1v) is 11.6. The number of carbonyl (C=O) groups is 1. The number of aliphatic hydroxyl groups is 1. The topological polar surface area (TPSA) is 136 Å². The molecule has 0 aliphatic carbocycles. The molecular weight excluding hydrogens is 469 g/mol. The molecule has 1 amide bonds. The summed E-state index contributed by atoms with van der Waals surface area (Å²) in [4.78, 5) is 20.8. The lowest BCUT2D eigenvalue weighted by molar-refractivity contribution is 0.0918. The number of aryl methyl sites for hydroxylation is 1. The first-order valence-electron chi connectivity index (χ1n) is 11.6. The van der Waals surface area contributed by atoms with E-state index in [0.717, 1.165) is 11.6 Å². The van der Waals surface area contributed by atoms with Gasteiger partial charge in [-0.1, -0.05) is 30.2 Å². The van der Waals surface area contributed by atoms with Crippen molar-refractivity contribution >= 4 is 5.91 Å². The fourth-order valence-corrected chi connectivity index (χ4v) is 3.34. The van der Waals surface area contributed by atoms with Crippen molar-refractivity contribution in [1.29, 1.82) is 0 Å². The third-order valence-corrected chi connectivity index (χ3v) is 5.37. The van der Waals surface area contributed by atoms with Gasteiger partial charge >= 0.3 is 0 Å². The van der Waals surface area contributed by atoms with Crippen molar-refractivity contribution in [1.82, 2.24) is 25.6 Å². The number of halogens is 1. The second kappa shape index (κ2) is 11.1. The quantitative estimate of drug-likeness (QED) is 0.333. The third kappa shape index (κ3) is 5.57. The zero-order chi connectivity index (χ0) is 25.7. The number of amides is 1. The van der Waals surface area contributed by atoms with Gasteiger partial charge in [0.2, 0.25) is 17.5 Å². The number of ether oxygens (including phenoxy) is 1. The van der Waals surface area contributed by atoms with E-state index < -0.39 is 23.9 Å². The number of rotatable bonds is 10. The first kappa shape index (κ1) is 25.0. The fourth-order valence-electron chi connectivity index (χ4n) is 3.34. The number of aromatic nitrogens is 4. The molecule has 4 aromatic rings. The minimum Gasteiger partial charge on any atom is -0.481 e. The maximum absolute atomic E-state index is 14.6. The van der Waals surface area contributed by atoms with Gasteiger partial charge in [-0.25, -0.2) is 4.39 Å². The van der Waals surface area contributed by atoms with Crippen molar-refractivity contribution in [2.75, 3.05) is 6.61 Å². The highest BCUT2D eigenvalue weighted by Crippen LogP contribution is 2.28. The highest BCUT2D eigenvalue weighted by atomic mass is 19.1. The zero-order valence-electron chi connectivity index (χ0n) is 20.1. The lowest BCUT2D eigenvalue weighted by Crippen LogP contribution is -2.35. The van der Waals surface area contributed by atoms with Gasteiger partial charge in [0.05, 0.1) is 12.2 Å². The molecule has 0 saturated carbocycles. The third-order valence-electron chi connectivity index (χ3n) is 5.37. The number of aliphatic hydroxyl groups excluding tert-OH is 1. The normalized spacial score (nSPS) is 12.8. The van der Waals surface area contributed by atoms with E-state index in [-0.39, 0.29) is 23.9 Å². The highest BCUT2D eigenvalue weighted by Gasteiger charge is 2.22. The van der Waals surface area contributed by atoms with Crippen LogP contribution in [-0.2, 0) is 6.42 Å². The van der Waals surface area contributed by atoms with E-state index in [1.54, 1.807) is 19.1 Å². The van der Waals surface area contributed by atoms with Crippen molar-refractivity contribution in [3.05, 3.63) is 65.6 Å². The van der Waals surface area contributed by atoms with Gasteiger partial charge in [-0.15, -0.1) is 0 Å². The number of nitrogens with one attached hydrogen (secondary N) is 1. The van der Waals surface area contributed by atoms with Crippen LogP contribution in [0, 0.1) is 5.82 Å². The van der Waals surface area contributed by atoms with Crippen LogP contribution in [0.5, 0.6) is 5.75 Å². The number of carbonyl (C=O) groups excluding carboxylic acids is 1. The Kier molecular flexibility index (Phi) is 7.69. The summed E-state index contributed by atoms with van der Waals surface area (Å²) >= 11 is 0. The average Bonchev–Trinajstić information content (AvgIpc) is 3.57. The number of hydrogen-bond acceptors (Lipinski definition) is 9. The van der Waals surface area contributed by atoms with Crippen molar-refractivity contribution < 1.29 is 28.1 Å². The highest BCUT2D eigenvalue weighted by molar-refractivity contribution is 5.95. The van der Waals surface area contributed by atoms with Gasteiger partial charge in [-0.3, -0.25) is 4.79 Å². The van der Waals surface area contributed by atoms with Crippen molar-refractivity contribution in [2.24, 2.45) is 0 Å². The SMILES string of the molecule is CCc1nc(-c2ccc(OC(CC)c3nc(-c4ccc(C(=O)N[C@@H](C)CO)c(F)c4)no3)cc2)no1. The summed E-state index contributed by atoms with van der Waals surface area (Å²) in [5.41, 5.74) is 0.997. The van der Waals surface area contributed by atoms with Crippen LogP contribution in [0.3, 0.4) is 0 Å². The van der Waals surface area contributed by atoms with E-state index in [2.05, 4.69) is 25.6 Å². The van der Waals surface area contributed by atoms with Crippen LogP contribution in [0.15, 0.2) is 51.5 Å². The van der Waals surface area contributed by atoms with Crippen LogP contribution < -0.4 is 10.1 Å². The van der Waals surface area contributed by atoms with Crippen LogP contribution >= 0.6 is 0 Å². The molecule has 2 N–H and O–H groups in total. The van der Waals surface area contributed by atoms with Crippen molar-refractivity contribution in [3.63, 3.8) is 0 Å². The van der Waals surface area contributed by atoms with Gasteiger partial charge in [0.15, 0.2) is 6.10 Å². The van der Waals surface area contributed by atoms with Crippen LogP contribution in [0.2, 0.25) is 0 Å². The Hall–Kier alpha value is -4.12. The zero-order valence-corrected chi connectivity index (χ0v) is 20.1. The molecule has 0 saturated heterocycles. The molecule has 11 heteroatoms. The second-order valence-corrected chi connectivity index (χ2v) is 8.11. The Morgan fingerprint density at radius 3 is 2.39 bits per heavy atom. The average molecular weight is 496 g/mol. The molecule has 36 heavy (non-hydrogen) atoms. The number of hydrogen-bond donors (Lipinski definition) is 2. The van der Waals surface area contributed by atoms with Gasteiger partial charge in [-0.05, 0) is 49.7 Å². The van der Waals surface area contributed by atoms with E-state index in [9.17, 15) is 9.18 Å². The molecule has 0 bridgehead atoms. The van der Waals surface area contributed by atoms with E-state index in [0.29, 0.717) is 35.9 Å². The molecule has 4 rings (SSSR count). The van der Waals surface area contributed by atoms with Crippen LogP contribution in [0.1, 0.15) is 55.4 Å². The lowest BCUT2D eigenvalue weighted by atomic mass is 10.1. The molecule has 10 nitrogen and oxygen atoms in total. The van der Waals surface area contributed by atoms with E-state index >= 15 is 0 Å². The smallest absolute Gasteiger partial charge is 0.268 e. The van der Waals surface area contributed by atoms with E-state index in [1.165, 1.54) is 12.1 Å². The van der Waals surface area contributed by atoms with Gasteiger partial charge in [0.1, 0.15) is 11.6 Å². The molecule has 0 radical (unpaired) electrons. The van der Waals surface area contributed by atoms with Gasteiger partial charge < -0.3 is 24.2 Å². The predicted octanol–water partition coefficient (Wildman–Crippen LogP) is 4.13. The van der Waals surface area contributed by atoms with Crippen LogP contribution in [0.25, 0.3) is 22.8 Å². The Morgan fingerprint density at radius 1 is 1.06 bits per heavy atom. The fraction of sp³-hybridized carbons (Fsp3) is 0.320.